The Hall–Kier alpha value is -2.50. The number of carbonyl (C=O) groups excluding carboxylic acids is 2. The van der Waals surface area contributed by atoms with Gasteiger partial charge in [0.2, 0.25) is 0 Å². The van der Waals surface area contributed by atoms with Gasteiger partial charge in [-0.1, -0.05) is 26.0 Å². The highest BCUT2D eigenvalue weighted by Crippen LogP contribution is 1.99. The third kappa shape index (κ3) is 10.0. The van der Waals surface area contributed by atoms with Gasteiger partial charge >= 0.3 is 6.03 Å². The number of carbonyl (C=O) groups is 2. The van der Waals surface area contributed by atoms with Gasteiger partial charge in [0.1, 0.15) is 18.2 Å². The first kappa shape index (κ1) is 20.8. The molecule has 2 unspecified atom stereocenters. The molecule has 0 bridgehead atoms. The minimum atomic E-state index is -0.780. The number of rotatable bonds is 8. The number of nitrogens with zero attached hydrogens (tertiary/aromatic N) is 3. The molecule has 9 nitrogen and oxygen atoms in total. The molecule has 0 radical (unpaired) electrons. The fourth-order valence-corrected chi connectivity index (χ4v) is 1.42. The molecule has 0 heterocycles. The molecule has 0 spiro atoms. The number of amides is 2. The smallest absolute Gasteiger partial charge is 0.316 e. The SMILES string of the molecule is C.CCCC(C=O)NC(=O)NC(C#N)CCC(=N)N=NN. The molecular formula is C12H23N7O2. The average Bonchev–Trinajstić information content (AvgIpc) is 2.43. The van der Waals surface area contributed by atoms with Gasteiger partial charge in [0.05, 0.1) is 12.1 Å². The minimum Gasteiger partial charge on any atom is -0.329 e. The van der Waals surface area contributed by atoms with Gasteiger partial charge in [-0.15, -0.1) is 5.11 Å². The number of nitrogens with one attached hydrogen (secondary N) is 3. The number of hydrogen-bond acceptors (Lipinski definition) is 5. The van der Waals surface area contributed by atoms with Gasteiger partial charge in [0.15, 0.2) is 0 Å². The second-order valence-corrected chi connectivity index (χ2v) is 4.03. The highest BCUT2D eigenvalue weighted by molar-refractivity contribution is 5.80. The van der Waals surface area contributed by atoms with Gasteiger partial charge in [-0.05, 0) is 12.8 Å². The summed E-state index contributed by atoms with van der Waals surface area (Å²) in [5, 5.41) is 27.3. The monoisotopic (exact) mass is 297 g/mol. The van der Waals surface area contributed by atoms with Crippen LogP contribution in [0.4, 0.5) is 4.79 Å². The zero-order valence-electron chi connectivity index (χ0n) is 11.3. The van der Waals surface area contributed by atoms with Gasteiger partial charge < -0.3 is 21.3 Å². The van der Waals surface area contributed by atoms with Crippen molar-refractivity contribution < 1.29 is 9.59 Å². The molecule has 0 rings (SSSR count). The molecule has 0 aromatic heterocycles. The van der Waals surface area contributed by atoms with Crippen molar-refractivity contribution in [3.05, 3.63) is 0 Å². The van der Waals surface area contributed by atoms with E-state index in [2.05, 4.69) is 21.0 Å². The van der Waals surface area contributed by atoms with Crippen molar-refractivity contribution in [3.63, 3.8) is 0 Å². The third-order valence-corrected chi connectivity index (χ3v) is 2.39. The van der Waals surface area contributed by atoms with E-state index in [1.54, 1.807) is 0 Å². The van der Waals surface area contributed by atoms with Crippen LogP contribution < -0.4 is 16.5 Å². The van der Waals surface area contributed by atoms with Gasteiger partial charge in [0, 0.05) is 6.42 Å². The van der Waals surface area contributed by atoms with E-state index in [-0.39, 0.29) is 26.1 Å². The number of hydrogen-bond donors (Lipinski definition) is 4. The Kier molecular flexibility index (Phi) is 12.4. The lowest BCUT2D eigenvalue weighted by molar-refractivity contribution is -0.109. The van der Waals surface area contributed by atoms with Crippen molar-refractivity contribution in [2.75, 3.05) is 0 Å². The summed E-state index contributed by atoms with van der Waals surface area (Å²) in [7, 11) is 0. The van der Waals surface area contributed by atoms with E-state index < -0.39 is 18.1 Å². The lowest BCUT2D eigenvalue weighted by Gasteiger charge is -2.15. The summed E-state index contributed by atoms with van der Waals surface area (Å²) in [5.41, 5.74) is 0. The lowest BCUT2D eigenvalue weighted by Crippen LogP contribution is -2.46. The van der Waals surface area contributed by atoms with Crippen molar-refractivity contribution in [1.29, 1.82) is 10.7 Å². The van der Waals surface area contributed by atoms with E-state index in [0.29, 0.717) is 12.7 Å². The summed E-state index contributed by atoms with van der Waals surface area (Å²) in [6.45, 7) is 1.89. The van der Waals surface area contributed by atoms with Crippen molar-refractivity contribution >= 4 is 18.2 Å². The minimum absolute atomic E-state index is 0. The van der Waals surface area contributed by atoms with E-state index in [9.17, 15) is 9.59 Å². The molecule has 21 heavy (non-hydrogen) atoms. The van der Waals surface area contributed by atoms with Crippen molar-refractivity contribution in [2.24, 2.45) is 16.2 Å². The van der Waals surface area contributed by atoms with Crippen LogP contribution in [0.1, 0.15) is 40.0 Å². The Morgan fingerprint density at radius 1 is 1.48 bits per heavy atom. The predicted octanol–water partition coefficient (Wildman–Crippen LogP) is 1.26. The number of nitriles is 1. The molecule has 0 aliphatic heterocycles. The molecule has 0 aromatic carbocycles. The average molecular weight is 297 g/mol. The molecule has 0 aliphatic rings. The topological polar surface area (TPSA) is 157 Å². The Morgan fingerprint density at radius 2 is 2.14 bits per heavy atom. The van der Waals surface area contributed by atoms with Crippen molar-refractivity contribution in [2.45, 2.75) is 52.1 Å². The Labute approximate surface area is 124 Å². The Morgan fingerprint density at radius 3 is 2.62 bits per heavy atom. The van der Waals surface area contributed by atoms with Crippen LogP contribution in [0.2, 0.25) is 0 Å². The van der Waals surface area contributed by atoms with Crippen molar-refractivity contribution in [3.8, 4) is 6.07 Å². The van der Waals surface area contributed by atoms with E-state index in [0.717, 1.165) is 6.42 Å². The van der Waals surface area contributed by atoms with Crippen LogP contribution in [0.15, 0.2) is 10.3 Å². The molecule has 0 fully saturated rings. The number of nitrogens with two attached hydrogens (primary N) is 1. The summed E-state index contributed by atoms with van der Waals surface area (Å²) in [5.74, 6) is 4.71. The van der Waals surface area contributed by atoms with Gasteiger partial charge in [-0.25, -0.2) is 4.79 Å². The first-order chi connectivity index (χ1) is 9.57. The van der Waals surface area contributed by atoms with E-state index >= 15 is 0 Å². The summed E-state index contributed by atoms with van der Waals surface area (Å²) in [6, 6.07) is -0.0419. The molecule has 0 saturated carbocycles. The summed E-state index contributed by atoms with van der Waals surface area (Å²) >= 11 is 0. The second kappa shape index (κ2) is 12.5. The lowest BCUT2D eigenvalue weighted by atomic mass is 10.1. The van der Waals surface area contributed by atoms with Gasteiger partial charge in [-0.3, -0.25) is 5.41 Å². The normalized spacial score (nSPS) is 12.6. The number of urea groups is 1. The zero-order chi connectivity index (χ0) is 15.4. The zero-order valence-corrected chi connectivity index (χ0v) is 11.3. The molecule has 0 saturated heterocycles. The van der Waals surface area contributed by atoms with Crippen molar-refractivity contribution in [1.82, 2.24) is 10.6 Å². The maximum Gasteiger partial charge on any atom is 0.316 e. The molecule has 9 heteroatoms. The molecule has 5 N–H and O–H groups in total. The van der Waals surface area contributed by atoms with Crippen LogP contribution >= 0.6 is 0 Å². The van der Waals surface area contributed by atoms with Gasteiger partial charge in [0.25, 0.3) is 0 Å². The van der Waals surface area contributed by atoms with Crippen LogP contribution in [0.5, 0.6) is 0 Å². The molecule has 0 aliphatic carbocycles. The first-order valence-corrected chi connectivity index (χ1v) is 6.17. The van der Waals surface area contributed by atoms with Crippen LogP contribution in [0.3, 0.4) is 0 Å². The summed E-state index contributed by atoms with van der Waals surface area (Å²) in [6.07, 6.45) is 2.32. The molecule has 0 aromatic rings. The van der Waals surface area contributed by atoms with E-state index in [1.165, 1.54) is 0 Å². The van der Waals surface area contributed by atoms with Gasteiger partial charge in [-0.2, -0.15) is 5.26 Å². The number of aldehydes is 1. The Bertz CT molecular complexity index is 403. The Balaban J connectivity index is 0. The largest absolute Gasteiger partial charge is 0.329 e. The molecule has 118 valence electrons. The number of amidine groups is 1. The second-order valence-electron chi connectivity index (χ2n) is 4.03. The maximum atomic E-state index is 11.6. The molecule has 2 amide bonds. The third-order valence-electron chi connectivity index (χ3n) is 2.39. The maximum absolute atomic E-state index is 11.6. The standard InChI is InChI=1S/C11H19N7O2.CH4/c1-2-3-9(7-19)16-11(20)15-8(6-12)4-5-10(13)17-18-14;/h7-9H,2-5H2,1H3,(H3,13,14,17)(H2,15,16,20);1H4. The first-order valence-electron chi connectivity index (χ1n) is 6.17. The van der Waals surface area contributed by atoms with Crippen LogP contribution in [-0.2, 0) is 4.79 Å². The van der Waals surface area contributed by atoms with Crippen LogP contribution in [0, 0.1) is 16.7 Å². The molecule has 2 atom stereocenters. The summed E-state index contributed by atoms with van der Waals surface area (Å²) < 4.78 is 0. The van der Waals surface area contributed by atoms with Crippen LogP contribution in [0.25, 0.3) is 0 Å². The predicted molar refractivity (Wildman–Crippen MR) is 78.6 cm³/mol. The fourth-order valence-electron chi connectivity index (χ4n) is 1.42. The quantitative estimate of drug-likeness (QED) is 0.133. The van der Waals surface area contributed by atoms with Crippen LogP contribution in [-0.4, -0.2) is 30.2 Å². The summed E-state index contributed by atoms with van der Waals surface area (Å²) in [4.78, 5) is 22.3. The van der Waals surface area contributed by atoms with E-state index in [1.807, 2.05) is 13.0 Å². The highest BCUT2D eigenvalue weighted by Gasteiger charge is 2.15. The molecular weight excluding hydrogens is 274 g/mol. The van der Waals surface area contributed by atoms with E-state index in [4.69, 9.17) is 16.5 Å². The fraction of sp³-hybridized carbons (Fsp3) is 0.667. The highest BCUT2D eigenvalue weighted by atomic mass is 16.2.